The van der Waals surface area contributed by atoms with Crippen molar-refractivity contribution in [2.75, 3.05) is 5.75 Å². The molecule has 1 rings (SSSR count). The predicted molar refractivity (Wildman–Crippen MR) is 91.9 cm³/mol. The largest absolute Gasteiger partial charge is 0.328 e. The van der Waals surface area contributed by atoms with Crippen LogP contribution in [0.5, 0.6) is 0 Å². The topological polar surface area (TPSA) is 159 Å². The van der Waals surface area contributed by atoms with Crippen LogP contribution in [0.3, 0.4) is 0 Å². The number of oxime groups is 2. The molecule has 0 saturated heterocycles. The summed E-state index contributed by atoms with van der Waals surface area (Å²) in [7, 11) is -7.19. The summed E-state index contributed by atoms with van der Waals surface area (Å²) in [4.78, 5) is 0. The highest BCUT2D eigenvalue weighted by Gasteiger charge is 2.13. The van der Waals surface area contributed by atoms with E-state index in [1.54, 1.807) is 12.1 Å². The fourth-order valence-electron chi connectivity index (χ4n) is 1.62. The first kappa shape index (κ1) is 21.1. The molecule has 0 heterocycles. The van der Waals surface area contributed by atoms with Crippen molar-refractivity contribution in [1.29, 1.82) is 10.5 Å². The van der Waals surface area contributed by atoms with Crippen molar-refractivity contribution in [2.45, 2.75) is 19.8 Å². The van der Waals surface area contributed by atoms with Crippen molar-refractivity contribution in [3.05, 3.63) is 35.4 Å². The van der Waals surface area contributed by atoms with Gasteiger partial charge in [-0.25, -0.2) is 0 Å². The highest BCUT2D eigenvalue weighted by Crippen LogP contribution is 2.10. The number of hydrogen-bond acceptors (Lipinski definition) is 10. The molecule has 0 aromatic heterocycles. The minimum atomic E-state index is -3.91. The molecule has 0 saturated carbocycles. The smallest absolute Gasteiger partial charge is 0.269 e. The van der Waals surface area contributed by atoms with E-state index in [1.807, 2.05) is 6.92 Å². The average Bonchev–Trinajstić information content (AvgIpc) is 2.61. The first-order valence-electron chi connectivity index (χ1n) is 7.12. The summed E-state index contributed by atoms with van der Waals surface area (Å²) in [6.07, 6.45) is 1.03. The monoisotopic (exact) mass is 398 g/mol. The number of rotatable bonds is 9. The third-order valence-corrected chi connectivity index (χ3v) is 4.12. The number of benzene rings is 1. The molecule has 0 atom stereocenters. The van der Waals surface area contributed by atoms with Crippen LogP contribution in [-0.2, 0) is 29.7 Å². The van der Waals surface area contributed by atoms with Gasteiger partial charge in [-0.05, 0) is 12.5 Å². The van der Waals surface area contributed by atoms with Crippen molar-refractivity contribution in [3.8, 4) is 12.1 Å². The average molecular weight is 398 g/mol. The van der Waals surface area contributed by atoms with Crippen LogP contribution in [0.15, 0.2) is 34.6 Å². The lowest BCUT2D eigenvalue weighted by molar-refractivity contribution is 0.339. The normalized spacial score (nSPS) is 12.3. The van der Waals surface area contributed by atoms with Gasteiger partial charge in [0.2, 0.25) is 0 Å². The zero-order valence-corrected chi connectivity index (χ0v) is 15.2. The van der Waals surface area contributed by atoms with E-state index in [0.29, 0.717) is 12.8 Å². The predicted octanol–water partition coefficient (Wildman–Crippen LogP) is 0.831. The van der Waals surface area contributed by atoms with E-state index in [2.05, 4.69) is 18.9 Å². The second kappa shape index (κ2) is 10.1. The molecule has 12 heteroatoms. The van der Waals surface area contributed by atoms with E-state index in [9.17, 15) is 16.8 Å². The third-order valence-electron chi connectivity index (χ3n) is 2.81. The Bertz CT molecular complexity index is 960. The molecule has 26 heavy (non-hydrogen) atoms. The number of hydrogen-bond donors (Lipinski definition) is 1. The molecule has 0 radical (unpaired) electrons. The van der Waals surface area contributed by atoms with Crippen LogP contribution < -0.4 is 0 Å². The van der Waals surface area contributed by atoms with Gasteiger partial charge in [0.05, 0.1) is 5.75 Å². The molecule has 0 unspecified atom stereocenters. The van der Waals surface area contributed by atoms with Gasteiger partial charge in [0.15, 0.2) is 11.4 Å². The summed E-state index contributed by atoms with van der Waals surface area (Å²) in [6, 6.07) is 8.90. The minimum Gasteiger partial charge on any atom is -0.269 e. The van der Waals surface area contributed by atoms with E-state index in [0.717, 1.165) is 0 Å². The van der Waals surface area contributed by atoms with E-state index in [1.165, 1.54) is 24.3 Å². The Morgan fingerprint density at radius 3 is 2.23 bits per heavy atom. The Balaban J connectivity index is 3.14. The molecule has 1 aromatic carbocycles. The molecule has 138 valence electrons. The molecule has 0 spiro atoms. The van der Waals surface area contributed by atoms with Gasteiger partial charge in [-0.15, -0.1) is 0 Å². The molecule has 0 aliphatic rings. The van der Waals surface area contributed by atoms with Gasteiger partial charge in [0.1, 0.15) is 12.1 Å². The fourth-order valence-corrected chi connectivity index (χ4v) is 2.67. The summed E-state index contributed by atoms with van der Waals surface area (Å²) in [5.41, 5.74) is -0.427. The van der Waals surface area contributed by atoms with Gasteiger partial charge in [-0.3, -0.25) is 8.57 Å². The molecule has 0 fully saturated rings. The maximum Gasteiger partial charge on any atom is 0.328 e. The molecule has 0 bridgehead atoms. The third kappa shape index (κ3) is 6.88. The molecule has 0 aliphatic carbocycles. The second-order valence-corrected chi connectivity index (χ2v) is 6.96. The number of nitrogens with zero attached hydrogens (tertiary/aromatic N) is 4. The Labute approximate surface area is 152 Å². The van der Waals surface area contributed by atoms with Crippen LogP contribution >= 0.6 is 0 Å². The van der Waals surface area contributed by atoms with Gasteiger partial charge in [-0.1, -0.05) is 41.9 Å². The summed E-state index contributed by atoms with van der Waals surface area (Å²) >= 11 is 0. The summed E-state index contributed by atoms with van der Waals surface area (Å²) in [6.45, 7) is 1.81. The van der Waals surface area contributed by atoms with Crippen LogP contribution in [0.1, 0.15) is 30.9 Å². The summed E-state index contributed by atoms with van der Waals surface area (Å²) in [5.74, 6) is -0.234. The Morgan fingerprint density at radius 2 is 1.73 bits per heavy atom. The SMILES string of the molecule is CCCCS(=O)(=O)ON=C(C#N)c1cccc(C(C#N)=NO[SH](=O)=O)c1. The standard InChI is InChI=1S/C14H14N4O6S2/c1-2-3-7-26(21,22)24-18-14(10-16)12-6-4-5-11(8-12)13(9-15)17-23-25(19)20/h4-6,8,25H,2-3,7H2,1H3. The summed E-state index contributed by atoms with van der Waals surface area (Å²) < 4.78 is 52.6. The van der Waals surface area contributed by atoms with Crippen LogP contribution in [0, 0.1) is 22.7 Å². The molecular formula is C14H14N4O6S2. The number of thiol groups is 1. The lowest BCUT2D eigenvalue weighted by Crippen LogP contribution is -2.10. The maximum absolute atomic E-state index is 11.6. The Kier molecular flexibility index (Phi) is 8.21. The molecule has 1 aromatic rings. The van der Waals surface area contributed by atoms with Crippen molar-refractivity contribution < 1.29 is 25.4 Å². The highest BCUT2D eigenvalue weighted by atomic mass is 32.2. The molecular weight excluding hydrogens is 384 g/mol. The molecule has 0 amide bonds. The van der Waals surface area contributed by atoms with Crippen LogP contribution in [0.4, 0.5) is 0 Å². The van der Waals surface area contributed by atoms with Gasteiger partial charge in [-0.2, -0.15) is 27.4 Å². The van der Waals surface area contributed by atoms with E-state index < -0.39 is 21.1 Å². The zero-order chi connectivity index (χ0) is 19.6. The Hall–Kier alpha value is -2.96. The van der Waals surface area contributed by atoms with E-state index in [-0.39, 0.29) is 28.3 Å². The first-order valence-corrected chi connectivity index (χ1v) is 9.80. The highest BCUT2D eigenvalue weighted by molar-refractivity contribution is 7.86. The first-order chi connectivity index (χ1) is 12.3. The molecule has 0 aliphatic heterocycles. The quantitative estimate of drug-likeness (QED) is 0.364. The summed E-state index contributed by atoms with van der Waals surface area (Å²) in [5, 5.41) is 24.7. The minimum absolute atomic E-state index is 0.138. The van der Waals surface area contributed by atoms with Crippen LogP contribution in [-0.4, -0.2) is 34.0 Å². The lowest BCUT2D eigenvalue weighted by atomic mass is 10.0. The molecule has 0 N–H and O–H groups in total. The number of nitriles is 2. The van der Waals surface area contributed by atoms with Crippen molar-refractivity contribution in [3.63, 3.8) is 0 Å². The van der Waals surface area contributed by atoms with Crippen molar-refractivity contribution >= 4 is 32.5 Å². The number of unbranched alkanes of at least 4 members (excludes halogenated alkanes) is 1. The van der Waals surface area contributed by atoms with Gasteiger partial charge >= 0.3 is 21.1 Å². The molecule has 10 nitrogen and oxygen atoms in total. The van der Waals surface area contributed by atoms with E-state index >= 15 is 0 Å². The Morgan fingerprint density at radius 1 is 1.15 bits per heavy atom. The fraction of sp³-hybridized carbons (Fsp3) is 0.286. The van der Waals surface area contributed by atoms with Gasteiger partial charge < -0.3 is 0 Å². The zero-order valence-electron chi connectivity index (χ0n) is 13.5. The second-order valence-electron chi connectivity index (χ2n) is 4.68. The van der Waals surface area contributed by atoms with Crippen molar-refractivity contribution in [2.24, 2.45) is 10.3 Å². The van der Waals surface area contributed by atoms with Crippen LogP contribution in [0.25, 0.3) is 0 Å². The van der Waals surface area contributed by atoms with Gasteiger partial charge in [0, 0.05) is 11.1 Å². The van der Waals surface area contributed by atoms with Crippen LogP contribution in [0.2, 0.25) is 0 Å². The van der Waals surface area contributed by atoms with E-state index in [4.69, 9.17) is 10.5 Å². The van der Waals surface area contributed by atoms with Crippen molar-refractivity contribution in [1.82, 2.24) is 0 Å². The maximum atomic E-state index is 11.6. The lowest BCUT2D eigenvalue weighted by Gasteiger charge is -2.03. The van der Waals surface area contributed by atoms with Gasteiger partial charge in [0.25, 0.3) is 0 Å².